The molecule has 1 atom stereocenters. The molecule has 2 fully saturated rings. The second kappa shape index (κ2) is 11.0. The highest BCUT2D eigenvalue weighted by Crippen LogP contribution is 2.37. The fraction of sp³-hybridized carbons (Fsp3) is 0.480. The van der Waals surface area contributed by atoms with Gasteiger partial charge in [0.05, 0.1) is 11.5 Å². The van der Waals surface area contributed by atoms with Crippen LogP contribution < -0.4 is 4.74 Å². The maximum Gasteiger partial charge on any atom is 0.243 e. The van der Waals surface area contributed by atoms with Crippen LogP contribution in [0.1, 0.15) is 19.3 Å². The molecule has 0 aromatic heterocycles. The van der Waals surface area contributed by atoms with Crippen LogP contribution >= 0.6 is 11.6 Å². The lowest BCUT2D eigenvalue weighted by Gasteiger charge is -2.43. The topological polar surface area (TPSA) is 70.2 Å². The van der Waals surface area contributed by atoms with Crippen LogP contribution in [0.15, 0.2) is 47.4 Å². The number of hydrogen-bond donors (Lipinski definition) is 0. The van der Waals surface area contributed by atoms with Crippen molar-refractivity contribution in [1.82, 2.24) is 14.1 Å². The van der Waals surface area contributed by atoms with E-state index in [0.717, 1.165) is 25.2 Å². The number of carbonyl (C=O) groups excluding carboxylic acids is 1. The Hall–Kier alpha value is -2.27. The van der Waals surface area contributed by atoms with E-state index in [1.165, 1.54) is 4.31 Å². The number of nitrogens with zero attached hydrogens (tertiary/aromatic N) is 3. The predicted molar refractivity (Wildman–Crippen MR) is 132 cm³/mol. The molecule has 2 aliphatic heterocycles. The number of carbonyl (C=O) groups is 1. The van der Waals surface area contributed by atoms with Gasteiger partial charge in [-0.25, -0.2) is 17.2 Å². The Labute approximate surface area is 215 Å². The Kier molecular flexibility index (Phi) is 8.18. The van der Waals surface area contributed by atoms with E-state index >= 15 is 0 Å². The van der Waals surface area contributed by atoms with Gasteiger partial charge in [0, 0.05) is 62.2 Å². The third-order valence-corrected chi connectivity index (χ3v) is 8.92. The molecule has 2 aromatic rings. The molecule has 0 aliphatic carbocycles. The van der Waals surface area contributed by atoms with Gasteiger partial charge in [0.15, 0.2) is 0 Å². The predicted octanol–water partition coefficient (Wildman–Crippen LogP) is 3.63. The summed E-state index contributed by atoms with van der Waals surface area (Å²) >= 11 is 5.97. The van der Waals surface area contributed by atoms with Gasteiger partial charge in [-0.05, 0) is 56.3 Å². The summed E-state index contributed by atoms with van der Waals surface area (Å²) in [6, 6.07) is 9.07. The first-order valence-corrected chi connectivity index (χ1v) is 13.7. The number of hydrogen-bond acceptors (Lipinski definition) is 5. The maximum atomic E-state index is 13.8. The van der Waals surface area contributed by atoms with Crippen LogP contribution in [0.5, 0.6) is 5.75 Å². The third-order valence-electron chi connectivity index (χ3n) is 6.84. The number of benzene rings is 2. The second-order valence-electron chi connectivity index (χ2n) is 9.65. The fourth-order valence-corrected chi connectivity index (χ4v) is 6.52. The highest BCUT2D eigenvalue weighted by molar-refractivity contribution is 7.89. The van der Waals surface area contributed by atoms with Crippen molar-refractivity contribution >= 4 is 27.5 Å². The average molecular weight is 542 g/mol. The van der Waals surface area contributed by atoms with Crippen molar-refractivity contribution < 1.29 is 26.7 Å². The zero-order chi connectivity index (χ0) is 25.9. The molecule has 196 valence electrons. The first-order valence-electron chi connectivity index (χ1n) is 11.9. The number of likely N-dealkylation sites (N-methyl/N-ethyl adjacent to an activating group) is 1. The van der Waals surface area contributed by atoms with Crippen LogP contribution in [-0.2, 0) is 14.8 Å². The van der Waals surface area contributed by atoms with Crippen molar-refractivity contribution in [3.8, 4) is 5.75 Å². The molecule has 2 aliphatic rings. The quantitative estimate of drug-likeness (QED) is 0.535. The molecule has 0 saturated carbocycles. The highest BCUT2D eigenvalue weighted by atomic mass is 35.5. The molecule has 0 bridgehead atoms. The minimum atomic E-state index is -4.19. The Morgan fingerprint density at radius 3 is 2.31 bits per heavy atom. The lowest BCUT2D eigenvalue weighted by atomic mass is 9.78. The van der Waals surface area contributed by atoms with Gasteiger partial charge < -0.3 is 14.5 Å². The van der Waals surface area contributed by atoms with Crippen molar-refractivity contribution in [3.63, 3.8) is 0 Å². The molecule has 0 spiro atoms. The summed E-state index contributed by atoms with van der Waals surface area (Å²) in [6.45, 7) is 3.05. The number of ether oxygens (including phenoxy) is 1. The minimum Gasteiger partial charge on any atom is -0.493 e. The Balaban J connectivity index is 1.58. The van der Waals surface area contributed by atoms with Crippen molar-refractivity contribution in [1.29, 1.82) is 0 Å². The summed E-state index contributed by atoms with van der Waals surface area (Å²) in [7, 11) is -2.18. The zero-order valence-electron chi connectivity index (χ0n) is 20.1. The standard InChI is InChI=1S/C25H30ClF2N3O4S/c1-29-9-11-30(12-10-29)24(32)16-25(18-35-22-5-3-19(26)4-6-22)7-2-8-31(17-25)36(33,34)23-14-20(27)13-21(28)15-23/h3-6,13-15H,2,7-12,16-18H2,1H3/t25-/m1/s1. The maximum absolute atomic E-state index is 13.8. The Morgan fingerprint density at radius 2 is 1.67 bits per heavy atom. The third kappa shape index (κ3) is 6.34. The average Bonchev–Trinajstić information content (AvgIpc) is 2.83. The van der Waals surface area contributed by atoms with Crippen LogP contribution in [0.25, 0.3) is 0 Å². The van der Waals surface area contributed by atoms with Crippen LogP contribution in [-0.4, -0.2) is 81.4 Å². The summed E-state index contributed by atoms with van der Waals surface area (Å²) in [6.07, 6.45) is 1.16. The smallest absolute Gasteiger partial charge is 0.243 e. The van der Waals surface area contributed by atoms with Crippen LogP contribution in [0, 0.1) is 17.0 Å². The van der Waals surface area contributed by atoms with Crippen molar-refractivity contribution in [3.05, 3.63) is 59.1 Å². The van der Waals surface area contributed by atoms with Gasteiger partial charge in [0.2, 0.25) is 15.9 Å². The van der Waals surface area contributed by atoms with Gasteiger partial charge >= 0.3 is 0 Å². The molecule has 7 nitrogen and oxygen atoms in total. The summed E-state index contributed by atoms with van der Waals surface area (Å²) in [4.78, 5) is 16.8. The highest BCUT2D eigenvalue weighted by Gasteiger charge is 2.43. The number of amides is 1. The molecule has 2 aromatic carbocycles. The van der Waals surface area contributed by atoms with Gasteiger partial charge in [-0.1, -0.05) is 11.6 Å². The summed E-state index contributed by atoms with van der Waals surface area (Å²) < 4.78 is 61.6. The van der Waals surface area contributed by atoms with E-state index in [4.69, 9.17) is 16.3 Å². The Morgan fingerprint density at radius 1 is 1.03 bits per heavy atom. The summed E-state index contributed by atoms with van der Waals surface area (Å²) in [5, 5.41) is 0.555. The van der Waals surface area contributed by atoms with Crippen molar-refractivity contribution in [2.24, 2.45) is 5.41 Å². The van der Waals surface area contributed by atoms with Gasteiger partial charge in [-0.3, -0.25) is 4.79 Å². The molecular formula is C25H30ClF2N3O4S. The number of sulfonamides is 1. The van der Waals surface area contributed by atoms with Gasteiger partial charge in [-0.15, -0.1) is 0 Å². The van der Waals surface area contributed by atoms with E-state index in [1.807, 2.05) is 7.05 Å². The molecule has 36 heavy (non-hydrogen) atoms. The van der Waals surface area contributed by atoms with Crippen LogP contribution in [0.2, 0.25) is 5.02 Å². The number of piperazine rings is 1. The molecule has 2 heterocycles. The van der Waals surface area contributed by atoms with Crippen molar-refractivity contribution in [2.75, 3.05) is 52.9 Å². The van der Waals surface area contributed by atoms with E-state index in [9.17, 15) is 22.0 Å². The number of rotatable bonds is 7. The van der Waals surface area contributed by atoms with Gasteiger partial charge in [0.25, 0.3) is 0 Å². The lowest BCUT2D eigenvalue weighted by Crippen LogP contribution is -2.53. The van der Waals surface area contributed by atoms with Crippen LogP contribution in [0.3, 0.4) is 0 Å². The SMILES string of the molecule is CN1CCN(C(=O)C[C@]2(COc3ccc(Cl)cc3)CCCN(S(=O)(=O)c3cc(F)cc(F)c3)C2)CC1. The van der Waals surface area contributed by atoms with E-state index in [2.05, 4.69) is 4.90 Å². The lowest BCUT2D eigenvalue weighted by molar-refractivity contribution is -0.136. The molecule has 11 heteroatoms. The molecular weight excluding hydrogens is 512 g/mol. The molecule has 4 rings (SSSR count). The summed E-state index contributed by atoms with van der Waals surface area (Å²) in [5.74, 6) is -1.43. The van der Waals surface area contributed by atoms with E-state index < -0.39 is 32.0 Å². The van der Waals surface area contributed by atoms with E-state index in [1.54, 1.807) is 29.2 Å². The molecule has 0 N–H and O–H groups in total. The van der Waals surface area contributed by atoms with E-state index in [-0.39, 0.29) is 32.0 Å². The molecule has 2 saturated heterocycles. The van der Waals surface area contributed by atoms with E-state index in [0.29, 0.717) is 42.8 Å². The van der Waals surface area contributed by atoms with Crippen LogP contribution in [0.4, 0.5) is 8.78 Å². The minimum absolute atomic E-state index is 0.000534. The first-order chi connectivity index (χ1) is 17.1. The normalized spacial score (nSPS) is 21.9. The van der Waals surface area contributed by atoms with Gasteiger partial charge in [0.1, 0.15) is 17.4 Å². The zero-order valence-corrected chi connectivity index (χ0v) is 21.7. The molecule has 0 unspecified atom stereocenters. The molecule has 1 amide bonds. The molecule has 0 radical (unpaired) electrons. The summed E-state index contributed by atoms with van der Waals surface area (Å²) in [5.41, 5.74) is -0.808. The second-order valence-corrected chi connectivity index (χ2v) is 12.0. The van der Waals surface area contributed by atoms with Crippen molar-refractivity contribution in [2.45, 2.75) is 24.2 Å². The largest absolute Gasteiger partial charge is 0.493 e. The number of halogens is 3. The number of piperidine rings is 1. The monoisotopic (exact) mass is 541 g/mol. The Bertz CT molecular complexity index is 1170. The first kappa shape index (κ1) is 26.8. The van der Waals surface area contributed by atoms with Gasteiger partial charge in [-0.2, -0.15) is 4.31 Å². The fourth-order valence-electron chi connectivity index (χ4n) is 4.76.